The van der Waals surface area contributed by atoms with Crippen molar-refractivity contribution in [1.82, 2.24) is 0 Å². The molecule has 7 nitrogen and oxygen atoms in total. The number of aromatic hydroxyl groups is 1. The number of ketones is 1. The number of anilines is 1. The number of carbonyl (C=O) groups is 3. The minimum Gasteiger partial charge on any atom is -0.506 e. The summed E-state index contributed by atoms with van der Waals surface area (Å²) in [7, 11) is 1.53. The van der Waals surface area contributed by atoms with Gasteiger partial charge in [0.05, 0.1) is 31.4 Å². The van der Waals surface area contributed by atoms with Gasteiger partial charge in [-0.3, -0.25) is 9.59 Å². The van der Waals surface area contributed by atoms with E-state index in [-0.39, 0.29) is 22.8 Å². The van der Waals surface area contributed by atoms with Crippen LogP contribution in [0.2, 0.25) is 0 Å². The molecule has 1 amide bonds. The number of hydrogen-bond donors (Lipinski definition) is 2. The largest absolute Gasteiger partial charge is 0.506 e. The number of esters is 1. The van der Waals surface area contributed by atoms with Crippen LogP contribution in [0.5, 0.6) is 11.5 Å². The summed E-state index contributed by atoms with van der Waals surface area (Å²) in [6.07, 6.45) is 11.6. The molecule has 2 aromatic carbocycles. The van der Waals surface area contributed by atoms with Crippen LogP contribution in [-0.2, 0) is 9.53 Å². The van der Waals surface area contributed by atoms with Crippen LogP contribution in [0, 0.1) is 0 Å². The Balaban J connectivity index is 1.73. The number of ether oxygens (including phenoxy) is 2. The molecule has 0 saturated carbocycles. The average Bonchev–Trinajstić information content (AvgIpc) is 2.88. The first-order valence-electron chi connectivity index (χ1n) is 12.9. The third-order valence-electron chi connectivity index (χ3n) is 5.97. The Hall–Kier alpha value is -3.35. The van der Waals surface area contributed by atoms with Gasteiger partial charge in [-0.2, -0.15) is 0 Å². The van der Waals surface area contributed by atoms with E-state index in [1.807, 2.05) is 0 Å². The molecule has 36 heavy (non-hydrogen) atoms. The molecule has 0 aliphatic carbocycles. The van der Waals surface area contributed by atoms with E-state index in [1.54, 1.807) is 24.3 Å². The van der Waals surface area contributed by atoms with E-state index in [0.717, 1.165) is 19.3 Å². The number of phenolic OH excluding ortho intramolecular Hbond substituents is 1. The lowest BCUT2D eigenvalue weighted by molar-refractivity contribution is -0.115. The van der Waals surface area contributed by atoms with Crippen LogP contribution in [0.15, 0.2) is 42.5 Å². The molecule has 0 bridgehead atoms. The molecule has 0 unspecified atom stereocenters. The van der Waals surface area contributed by atoms with Crippen molar-refractivity contribution in [2.24, 2.45) is 0 Å². The minimum absolute atomic E-state index is 0.0518. The van der Waals surface area contributed by atoms with Gasteiger partial charge in [0.2, 0.25) is 5.91 Å². The highest BCUT2D eigenvalue weighted by atomic mass is 16.5. The summed E-state index contributed by atoms with van der Waals surface area (Å²) >= 11 is 0. The zero-order valence-electron chi connectivity index (χ0n) is 21.5. The number of methoxy groups -OCH3 is 1. The summed E-state index contributed by atoms with van der Waals surface area (Å²) in [6.45, 7) is 2.55. The number of rotatable bonds is 17. The van der Waals surface area contributed by atoms with Gasteiger partial charge in [0.25, 0.3) is 0 Å². The van der Waals surface area contributed by atoms with Crippen molar-refractivity contribution in [2.45, 2.75) is 77.6 Å². The monoisotopic (exact) mass is 497 g/mol. The maximum Gasteiger partial charge on any atom is 0.338 e. The Bertz CT molecular complexity index is 970. The molecule has 2 aromatic rings. The van der Waals surface area contributed by atoms with Crippen LogP contribution >= 0.6 is 0 Å². The fourth-order valence-corrected chi connectivity index (χ4v) is 3.82. The van der Waals surface area contributed by atoms with Gasteiger partial charge >= 0.3 is 5.97 Å². The van der Waals surface area contributed by atoms with Crippen LogP contribution in [-0.4, -0.2) is 36.5 Å². The van der Waals surface area contributed by atoms with Crippen LogP contribution in [0.25, 0.3) is 0 Å². The van der Waals surface area contributed by atoms with E-state index < -0.39 is 18.3 Å². The standard InChI is InChI=1S/C29H39NO6/c1-3-4-5-6-7-8-9-10-11-12-19-36-29(34)23-15-18-26(31)25(20-23)30-28(33)21-27(32)22-13-16-24(35-2)17-14-22/h13-18,20,31H,3-12,19,21H2,1-2H3,(H,30,33). The number of Topliss-reactive ketones (excluding diaryl/α,β-unsaturated/α-hetero) is 1. The van der Waals surface area contributed by atoms with Crippen LogP contribution < -0.4 is 10.1 Å². The summed E-state index contributed by atoms with van der Waals surface area (Å²) in [5.74, 6) is -1.08. The first kappa shape index (κ1) is 28.9. The van der Waals surface area contributed by atoms with Crippen molar-refractivity contribution < 1.29 is 29.0 Å². The second-order valence-corrected chi connectivity index (χ2v) is 8.93. The van der Waals surface area contributed by atoms with Gasteiger partial charge in [0.15, 0.2) is 5.78 Å². The number of unbranched alkanes of at least 4 members (excludes halogenated alkanes) is 9. The molecule has 0 fully saturated rings. The lowest BCUT2D eigenvalue weighted by atomic mass is 10.1. The summed E-state index contributed by atoms with van der Waals surface area (Å²) in [4.78, 5) is 37.1. The summed E-state index contributed by atoms with van der Waals surface area (Å²) in [6, 6.07) is 10.6. The van der Waals surface area contributed by atoms with Gasteiger partial charge < -0.3 is 19.9 Å². The highest BCUT2D eigenvalue weighted by Crippen LogP contribution is 2.25. The number of carbonyl (C=O) groups excluding carboxylic acids is 3. The van der Waals surface area contributed by atoms with Crippen LogP contribution in [0.4, 0.5) is 5.69 Å². The van der Waals surface area contributed by atoms with Gasteiger partial charge in [-0.15, -0.1) is 0 Å². The van der Waals surface area contributed by atoms with E-state index >= 15 is 0 Å². The Morgan fingerprint density at radius 2 is 1.39 bits per heavy atom. The predicted octanol–water partition coefficient (Wildman–Crippen LogP) is 6.69. The second kappa shape index (κ2) is 16.3. The first-order chi connectivity index (χ1) is 17.4. The highest BCUT2D eigenvalue weighted by Gasteiger charge is 2.16. The van der Waals surface area contributed by atoms with Gasteiger partial charge in [0.1, 0.15) is 11.5 Å². The Morgan fingerprint density at radius 3 is 2.00 bits per heavy atom. The number of benzene rings is 2. The van der Waals surface area contributed by atoms with E-state index in [4.69, 9.17) is 9.47 Å². The van der Waals surface area contributed by atoms with Crippen LogP contribution in [0.1, 0.15) is 98.3 Å². The maximum absolute atomic E-state index is 12.4. The van der Waals surface area contributed by atoms with Crippen molar-refractivity contribution in [1.29, 1.82) is 0 Å². The zero-order chi connectivity index (χ0) is 26.2. The highest BCUT2D eigenvalue weighted by molar-refractivity contribution is 6.11. The maximum atomic E-state index is 12.4. The molecule has 196 valence electrons. The Labute approximate surface area is 214 Å². The van der Waals surface area contributed by atoms with Gasteiger partial charge in [-0.1, -0.05) is 64.7 Å². The molecule has 0 saturated heterocycles. The SMILES string of the molecule is CCCCCCCCCCCCOC(=O)c1ccc(O)c(NC(=O)CC(=O)c2ccc(OC)cc2)c1. The van der Waals surface area contributed by atoms with Crippen molar-refractivity contribution >= 4 is 23.3 Å². The van der Waals surface area contributed by atoms with E-state index in [1.165, 1.54) is 70.3 Å². The third kappa shape index (κ3) is 10.5. The van der Waals surface area contributed by atoms with E-state index in [2.05, 4.69) is 12.2 Å². The Morgan fingerprint density at radius 1 is 0.806 bits per heavy atom. The lowest BCUT2D eigenvalue weighted by Gasteiger charge is -2.10. The van der Waals surface area contributed by atoms with Crippen molar-refractivity contribution in [3.05, 3.63) is 53.6 Å². The molecule has 0 heterocycles. The normalized spacial score (nSPS) is 10.6. The second-order valence-electron chi connectivity index (χ2n) is 8.93. The molecule has 2 rings (SSSR count). The number of phenols is 1. The van der Waals surface area contributed by atoms with E-state index in [9.17, 15) is 19.5 Å². The molecule has 0 aliphatic heterocycles. The molecule has 2 N–H and O–H groups in total. The minimum atomic E-state index is -0.595. The molecule has 0 atom stereocenters. The molecule has 0 spiro atoms. The quantitative estimate of drug-likeness (QED) is 0.0830. The Kier molecular flexibility index (Phi) is 13.1. The fraction of sp³-hybridized carbons (Fsp3) is 0.483. The molecule has 0 aromatic heterocycles. The molecular weight excluding hydrogens is 458 g/mol. The van der Waals surface area contributed by atoms with Crippen molar-refractivity contribution in [3.8, 4) is 11.5 Å². The first-order valence-corrected chi connectivity index (χ1v) is 12.9. The van der Waals surface area contributed by atoms with Gasteiger partial charge in [-0.25, -0.2) is 4.79 Å². The fourth-order valence-electron chi connectivity index (χ4n) is 3.82. The number of amides is 1. The predicted molar refractivity (Wildman–Crippen MR) is 141 cm³/mol. The molecular formula is C29H39NO6. The summed E-state index contributed by atoms with van der Waals surface area (Å²) in [5.41, 5.74) is 0.645. The average molecular weight is 498 g/mol. The summed E-state index contributed by atoms with van der Waals surface area (Å²) in [5, 5.41) is 12.6. The third-order valence-corrected chi connectivity index (χ3v) is 5.97. The topological polar surface area (TPSA) is 102 Å². The van der Waals surface area contributed by atoms with E-state index in [0.29, 0.717) is 17.9 Å². The number of nitrogens with one attached hydrogen (secondary N) is 1. The molecule has 0 radical (unpaired) electrons. The van der Waals surface area contributed by atoms with Gasteiger partial charge in [0, 0.05) is 5.56 Å². The molecule has 0 aliphatic rings. The van der Waals surface area contributed by atoms with Crippen molar-refractivity contribution in [3.63, 3.8) is 0 Å². The van der Waals surface area contributed by atoms with Gasteiger partial charge in [-0.05, 0) is 48.9 Å². The summed E-state index contributed by atoms with van der Waals surface area (Å²) < 4.78 is 10.4. The zero-order valence-corrected chi connectivity index (χ0v) is 21.5. The van der Waals surface area contributed by atoms with Crippen LogP contribution in [0.3, 0.4) is 0 Å². The van der Waals surface area contributed by atoms with Crippen molar-refractivity contribution in [2.75, 3.05) is 19.0 Å². The number of hydrogen-bond acceptors (Lipinski definition) is 6. The molecule has 7 heteroatoms. The smallest absolute Gasteiger partial charge is 0.338 e. The lowest BCUT2D eigenvalue weighted by Crippen LogP contribution is -2.17.